The summed E-state index contributed by atoms with van der Waals surface area (Å²) in [6.45, 7) is 0. The zero-order valence-electron chi connectivity index (χ0n) is 8.66. The lowest BCUT2D eigenvalue weighted by atomic mass is 10.2. The number of ether oxygens (including phenoxy) is 2. The van der Waals surface area contributed by atoms with Gasteiger partial charge in [0, 0.05) is 0 Å². The lowest BCUT2D eigenvalue weighted by molar-refractivity contribution is 0.0595. The summed E-state index contributed by atoms with van der Waals surface area (Å²) < 4.78 is 34.3. The third-order valence-corrected chi connectivity index (χ3v) is 1.84. The molecule has 1 aromatic heterocycles. The van der Waals surface area contributed by atoms with E-state index in [-0.39, 0.29) is 17.1 Å². The van der Waals surface area contributed by atoms with Gasteiger partial charge in [-0.15, -0.1) is 0 Å². The van der Waals surface area contributed by atoms with Crippen LogP contribution in [0.3, 0.4) is 0 Å². The molecule has 16 heavy (non-hydrogen) atoms. The van der Waals surface area contributed by atoms with Crippen molar-refractivity contribution in [3.8, 4) is 5.75 Å². The quantitative estimate of drug-likeness (QED) is 0.797. The molecule has 0 unspecified atom stereocenters. The Morgan fingerprint density at radius 3 is 2.56 bits per heavy atom. The molecule has 7 heteroatoms. The topological polar surface area (TPSA) is 74.4 Å². The first-order valence-corrected chi connectivity index (χ1v) is 4.22. The second-order valence-corrected chi connectivity index (χ2v) is 2.81. The molecule has 1 heterocycles. The summed E-state index contributed by atoms with van der Waals surface area (Å²) in [5, 5.41) is 0. The van der Waals surface area contributed by atoms with Crippen molar-refractivity contribution in [1.29, 1.82) is 0 Å². The minimum absolute atomic E-state index is 0.173. The zero-order valence-corrected chi connectivity index (χ0v) is 8.66. The minimum Gasteiger partial charge on any atom is -0.494 e. The van der Waals surface area contributed by atoms with Crippen molar-refractivity contribution in [3.05, 3.63) is 17.3 Å². The highest BCUT2D eigenvalue weighted by Crippen LogP contribution is 2.32. The Balaban J connectivity index is 3.41. The van der Waals surface area contributed by atoms with Gasteiger partial charge in [-0.25, -0.2) is 18.6 Å². The maximum absolute atomic E-state index is 12.6. The minimum atomic E-state index is -2.89. The Bertz CT molecular complexity index is 410. The number of esters is 1. The molecule has 0 aromatic carbocycles. The molecule has 0 aliphatic rings. The molecule has 2 N–H and O–H groups in total. The number of halogens is 2. The van der Waals surface area contributed by atoms with Crippen LogP contribution in [0, 0.1) is 0 Å². The summed E-state index contributed by atoms with van der Waals surface area (Å²) >= 11 is 0. The van der Waals surface area contributed by atoms with E-state index >= 15 is 0 Å². The van der Waals surface area contributed by atoms with Crippen molar-refractivity contribution in [2.45, 2.75) is 6.43 Å². The molecule has 0 saturated carbocycles. The third-order valence-electron chi connectivity index (χ3n) is 1.84. The number of methoxy groups -OCH3 is 2. The number of rotatable bonds is 3. The van der Waals surface area contributed by atoms with Gasteiger partial charge < -0.3 is 15.2 Å². The van der Waals surface area contributed by atoms with E-state index in [2.05, 4.69) is 9.72 Å². The van der Waals surface area contributed by atoms with E-state index < -0.39 is 18.1 Å². The predicted molar refractivity (Wildman–Crippen MR) is 51.5 cm³/mol. The Kier molecular flexibility index (Phi) is 3.60. The summed E-state index contributed by atoms with van der Waals surface area (Å²) in [7, 11) is 2.28. The van der Waals surface area contributed by atoms with Crippen LogP contribution in [0.25, 0.3) is 0 Å². The smallest absolute Gasteiger partial charge is 0.341 e. The van der Waals surface area contributed by atoms with Crippen LogP contribution >= 0.6 is 0 Å². The van der Waals surface area contributed by atoms with Crippen LogP contribution in [0.4, 0.5) is 14.6 Å². The predicted octanol–water partition coefficient (Wildman–Crippen LogP) is 1.40. The van der Waals surface area contributed by atoms with Gasteiger partial charge in [0.25, 0.3) is 6.43 Å². The zero-order chi connectivity index (χ0) is 12.3. The SMILES string of the molecule is COC(=O)c1cc(N)nc(C(F)F)c1OC. The lowest BCUT2D eigenvalue weighted by Gasteiger charge is -2.11. The van der Waals surface area contributed by atoms with E-state index in [4.69, 9.17) is 10.5 Å². The number of hydrogen-bond acceptors (Lipinski definition) is 5. The first-order valence-electron chi connectivity index (χ1n) is 4.22. The van der Waals surface area contributed by atoms with Gasteiger partial charge in [0.05, 0.1) is 14.2 Å². The molecule has 0 fully saturated rings. The summed E-state index contributed by atoms with van der Waals surface area (Å²) in [4.78, 5) is 14.7. The van der Waals surface area contributed by atoms with Crippen LogP contribution in [0.1, 0.15) is 22.5 Å². The second kappa shape index (κ2) is 4.73. The molecule has 0 amide bonds. The van der Waals surface area contributed by atoms with Gasteiger partial charge in [-0.2, -0.15) is 0 Å². The molecule has 0 atom stereocenters. The standard InChI is InChI=1S/C9H10F2N2O3/c1-15-7-4(9(14)16-2)3-5(12)13-6(7)8(10)11/h3,8H,1-2H3,(H2,12,13). The summed E-state index contributed by atoms with van der Waals surface area (Å²) in [6, 6.07) is 1.12. The average molecular weight is 232 g/mol. The molecule has 0 saturated heterocycles. The molecule has 88 valence electrons. The number of nitrogen functional groups attached to an aromatic ring is 1. The normalized spacial score (nSPS) is 10.3. The number of nitrogens with zero attached hydrogens (tertiary/aromatic N) is 1. The first-order chi connectivity index (χ1) is 7.51. The number of alkyl halides is 2. The fraction of sp³-hybridized carbons (Fsp3) is 0.333. The van der Waals surface area contributed by atoms with Gasteiger partial charge in [-0.1, -0.05) is 0 Å². The van der Waals surface area contributed by atoms with Crippen LogP contribution in [0.2, 0.25) is 0 Å². The van der Waals surface area contributed by atoms with Gasteiger partial charge in [0.2, 0.25) is 0 Å². The van der Waals surface area contributed by atoms with Gasteiger partial charge in [0.1, 0.15) is 11.4 Å². The molecule has 1 rings (SSSR count). The third kappa shape index (κ3) is 2.18. The number of aromatic nitrogens is 1. The monoisotopic (exact) mass is 232 g/mol. The molecule has 0 radical (unpaired) electrons. The maximum Gasteiger partial charge on any atom is 0.341 e. The molecule has 0 spiro atoms. The van der Waals surface area contributed by atoms with Gasteiger partial charge in [-0.3, -0.25) is 0 Å². The molecule has 1 aromatic rings. The molecular weight excluding hydrogens is 222 g/mol. The second-order valence-electron chi connectivity index (χ2n) is 2.81. The fourth-order valence-electron chi connectivity index (χ4n) is 1.20. The van der Waals surface area contributed by atoms with Gasteiger partial charge in [-0.05, 0) is 6.07 Å². The first kappa shape index (κ1) is 12.2. The number of nitrogens with two attached hydrogens (primary N) is 1. The van der Waals surface area contributed by atoms with Crippen LogP contribution in [0.5, 0.6) is 5.75 Å². The van der Waals surface area contributed by atoms with Crippen molar-refractivity contribution in [2.75, 3.05) is 20.0 Å². The van der Waals surface area contributed by atoms with E-state index in [1.165, 1.54) is 0 Å². The Morgan fingerprint density at radius 1 is 1.50 bits per heavy atom. The van der Waals surface area contributed by atoms with Crippen molar-refractivity contribution in [2.24, 2.45) is 0 Å². The van der Waals surface area contributed by atoms with Crippen molar-refractivity contribution >= 4 is 11.8 Å². The van der Waals surface area contributed by atoms with Gasteiger partial charge in [0.15, 0.2) is 11.4 Å². The Labute approximate surface area is 90.2 Å². The number of pyridine rings is 1. The summed E-state index contributed by atoms with van der Waals surface area (Å²) in [5.74, 6) is -1.33. The largest absolute Gasteiger partial charge is 0.494 e. The van der Waals surface area contributed by atoms with Crippen LogP contribution in [0.15, 0.2) is 6.07 Å². The number of hydrogen-bond donors (Lipinski definition) is 1. The highest BCUT2D eigenvalue weighted by molar-refractivity contribution is 5.93. The van der Waals surface area contributed by atoms with Crippen LogP contribution in [-0.2, 0) is 4.74 Å². The fourth-order valence-corrected chi connectivity index (χ4v) is 1.20. The molecule has 0 bridgehead atoms. The average Bonchev–Trinajstić information content (AvgIpc) is 2.26. The highest BCUT2D eigenvalue weighted by Gasteiger charge is 2.24. The molecule has 0 aliphatic carbocycles. The van der Waals surface area contributed by atoms with Crippen LogP contribution in [-0.4, -0.2) is 25.2 Å². The van der Waals surface area contributed by atoms with E-state index in [9.17, 15) is 13.6 Å². The Morgan fingerprint density at radius 2 is 2.12 bits per heavy atom. The van der Waals surface area contributed by atoms with Crippen molar-refractivity contribution in [1.82, 2.24) is 4.98 Å². The number of carbonyl (C=O) groups excluding carboxylic acids is 1. The number of carbonyl (C=O) groups is 1. The molecule has 5 nitrogen and oxygen atoms in total. The number of anilines is 1. The van der Waals surface area contributed by atoms with Crippen molar-refractivity contribution in [3.63, 3.8) is 0 Å². The summed E-state index contributed by atoms with van der Waals surface area (Å²) in [5.41, 5.74) is 4.45. The van der Waals surface area contributed by atoms with Crippen molar-refractivity contribution < 1.29 is 23.0 Å². The lowest BCUT2D eigenvalue weighted by Crippen LogP contribution is -2.10. The molecule has 0 aliphatic heterocycles. The van der Waals surface area contributed by atoms with Gasteiger partial charge >= 0.3 is 5.97 Å². The Hall–Kier alpha value is -1.92. The van der Waals surface area contributed by atoms with E-state index in [0.29, 0.717) is 0 Å². The highest BCUT2D eigenvalue weighted by atomic mass is 19.3. The van der Waals surface area contributed by atoms with E-state index in [1.54, 1.807) is 0 Å². The maximum atomic E-state index is 12.6. The van der Waals surface area contributed by atoms with E-state index in [1.807, 2.05) is 0 Å². The molecular formula is C9H10F2N2O3. The van der Waals surface area contributed by atoms with Crippen LogP contribution < -0.4 is 10.5 Å². The summed E-state index contributed by atoms with van der Waals surface area (Å²) in [6.07, 6.45) is -2.89. The van der Waals surface area contributed by atoms with E-state index in [0.717, 1.165) is 20.3 Å².